The van der Waals surface area contributed by atoms with Crippen LogP contribution in [-0.4, -0.2) is 32.8 Å². The first-order valence-corrected chi connectivity index (χ1v) is 6.99. The van der Waals surface area contributed by atoms with Crippen LogP contribution in [0.1, 0.15) is 31.3 Å². The van der Waals surface area contributed by atoms with Gasteiger partial charge in [-0.2, -0.15) is 5.10 Å². The third kappa shape index (κ3) is 2.07. The molecule has 3 rings (SSSR count). The summed E-state index contributed by atoms with van der Waals surface area (Å²) in [5.74, 6) is 2.61. The van der Waals surface area contributed by atoms with Gasteiger partial charge in [-0.05, 0) is 32.6 Å². The number of aryl methyl sites for hydroxylation is 3. The molecule has 0 N–H and O–H groups in total. The van der Waals surface area contributed by atoms with Crippen molar-refractivity contribution in [2.45, 2.75) is 33.6 Å². The van der Waals surface area contributed by atoms with Crippen LogP contribution in [0.4, 0.5) is 5.82 Å². The zero-order chi connectivity index (χ0) is 13.6. The molecule has 102 valence electrons. The van der Waals surface area contributed by atoms with Crippen molar-refractivity contribution in [3.05, 3.63) is 11.5 Å². The molecular weight excluding hydrogens is 238 g/mol. The van der Waals surface area contributed by atoms with Crippen LogP contribution in [0, 0.1) is 19.8 Å². The molecule has 1 aliphatic rings. The summed E-state index contributed by atoms with van der Waals surface area (Å²) in [5, 5.41) is 4.49. The first kappa shape index (κ1) is 12.4. The summed E-state index contributed by atoms with van der Waals surface area (Å²) in [7, 11) is 1.98. The van der Waals surface area contributed by atoms with E-state index in [1.54, 1.807) is 0 Å². The molecular formula is C14H21N5. The Morgan fingerprint density at radius 3 is 2.74 bits per heavy atom. The molecule has 5 heteroatoms. The highest BCUT2D eigenvalue weighted by molar-refractivity contribution is 5.88. The van der Waals surface area contributed by atoms with Crippen LogP contribution in [0.15, 0.2) is 0 Å². The van der Waals surface area contributed by atoms with Crippen LogP contribution in [-0.2, 0) is 7.05 Å². The summed E-state index contributed by atoms with van der Waals surface area (Å²) in [6.45, 7) is 8.45. The Morgan fingerprint density at radius 1 is 1.21 bits per heavy atom. The second-order valence-corrected chi connectivity index (χ2v) is 5.69. The van der Waals surface area contributed by atoms with Crippen LogP contribution in [0.3, 0.4) is 0 Å². The van der Waals surface area contributed by atoms with Gasteiger partial charge in [0.15, 0.2) is 5.82 Å². The van der Waals surface area contributed by atoms with Crippen molar-refractivity contribution in [2.24, 2.45) is 13.0 Å². The number of piperidine rings is 1. The number of anilines is 1. The fourth-order valence-electron chi connectivity index (χ4n) is 3.03. The van der Waals surface area contributed by atoms with E-state index in [9.17, 15) is 0 Å². The monoisotopic (exact) mass is 259 g/mol. The average Bonchev–Trinajstić information content (AvgIpc) is 2.64. The molecule has 0 unspecified atom stereocenters. The van der Waals surface area contributed by atoms with Crippen molar-refractivity contribution in [3.63, 3.8) is 0 Å². The Balaban J connectivity index is 2.16. The lowest BCUT2D eigenvalue weighted by atomic mass is 10.0. The normalized spacial score (nSPS) is 20.2. The molecule has 0 spiro atoms. The highest BCUT2D eigenvalue weighted by Crippen LogP contribution is 2.28. The van der Waals surface area contributed by atoms with Crippen LogP contribution >= 0.6 is 0 Å². The summed E-state index contributed by atoms with van der Waals surface area (Å²) < 4.78 is 1.92. The molecule has 3 heterocycles. The maximum Gasteiger partial charge on any atom is 0.158 e. The van der Waals surface area contributed by atoms with E-state index in [2.05, 4.69) is 26.9 Å². The predicted molar refractivity (Wildman–Crippen MR) is 76.4 cm³/mol. The van der Waals surface area contributed by atoms with Gasteiger partial charge in [0, 0.05) is 20.1 Å². The number of nitrogens with zero attached hydrogens (tertiary/aromatic N) is 5. The van der Waals surface area contributed by atoms with E-state index in [-0.39, 0.29) is 0 Å². The molecule has 2 aromatic rings. The van der Waals surface area contributed by atoms with Gasteiger partial charge in [-0.3, -0.25) is 4.68 Å². The lowest BCUT2D eigenvalue weighted by Crippen LogP contribution is -2.35. The standard InChI is InChI=1S/C14H21N5/c1-9-6-5-7-19(8-9)14-13-12(15-11(3)16-14)10(2)17-18(13)4/h9H,5-8H2,1-4H3/t9-/m0/s1. The summed E-state index contributed by atoms with van der Waals surface area (Å²) in [4.78, 5) is 11.6. The van der Waals surface area contributed by atoms with Gasteiger partial charge in [0.25, 0.3) is 0 Å². The van der Waals surface area contributed by atoms with Crippen LogP contribution in [0.2, 0.25) is 0 Å². The molecule has 0 aliphatic carbocycles. The maximum atomic E-state index is 4.69. The fourth-order valence-corrected chi connectivity index (χ4v) is 3.03. The largest absolute Gasteiger partial charge is 0.354 e. The third-order valence-electron chi connectivity index (χ3n) is 3.90. The molecule has 0 amide bonds. The number of aromatic nitrogens is 4. The second kappa shape index (κ2) is 4.47. The van der Waals surface area contributed by atoms with Crippen molar-refractivity contribution < 1.29 is 0 Å². The van der Waals surface area contributed by atoms with Gasteiger partial charge in [-0.25, -0.2) is 9.97 Å². The van der Waals surface area contributed by atoms with E-state index in [0.29, 0.717) is 0 Å². The van der Waals surface area contributed by atoms with Crippen molar-refractivity contribution in [1.29, 1.82) is 0 Å². The van der Waals surface area contributed by atoms with Crippen molar-refractivity contribution in [2.75, 3.05) is 18.0 Å². The van der Waals surface area contributed by atoms with Crippen molar-refractivity contribution in [1.82, 2.24) is 19.7 Å². The number of hydrogen-bond acceptors (Lipinski definition) is 4. The lowest BCUT2D eigenvalue weighted by Gasteiger charge is -2.32. The minimum Gasteiger partial charge on any atom is -0.354 e. The third-order valence-corrected chi connectivity index (χ3v) is 3.90. The summed E-state index contributed by atoms with van der Waals surface area (Å²) in [6.07, 6.45) is 2.55. The topological polar surface area (TPSA) is 46.8 Å². The summed E-state index contributed by atoms with van der Waals surface area (Å²) in [6, 6.07) is 0. The van der Waals surface area contributed by atoms with Crippen LogP contribution in [0.25, 0.3) is 11.0 Å². The first-order chi connectivity index (χ1) is 9.06. The predicted octanol–water partition coefficient (Wildman–Crippen LogP) is 2.22. The molecule has 0 saturated carbocycles. The SMILES string of the molecule is Cc1nc(N2CCC[C@H](C)C2)c2c(n1)c(C)nn2C. The molecule has 0 aromatic carbocycles. The quantitative estimate of drug-likeness (QED) is 0.788. The molecule has 1 saturated heterocycles. The second-order valence-electron chi connectivity index (χ2n) is 5.69. The zero-order valence-corrected chi connectivity index (χ0v) is 12.1. The zero-order valence-electron chi connectivity index (χ0n) is 12.1. The van der Waals surface area contributed by atoms with Gasteiger partial charge < -0.3 is 4.90 Å². The molecule has 5 nitrogen and oxygen atoms in total. The van der Waals surface area contributed by atoms with Gasteiger partial charge in [-0.1, -0.05) is 6.92 Å². The maximum absolute atomic E-state index is 4.69. The summed E-state index contributed by atoms with van der Waals surface area (Å²) in [5.41, 5.74) is 3.04. The average molecular weight is 259 g/mol. The first-order valence-electron chi connectivity index (χ1n) is 6.99. The highest BCUT2D eigenvalue weighted by Gasteiger charge is 2.22. The molecule has 19 heavy (non-hydrogen) atoms. The van der Waals surface area contributed by atoms with Gasteiger partial charge in [-0.15, -0.1) is 0 Å². The van der Waals surface area contributed by atoms with E-state index in [0.717, 1.165) is 47.4 Å². The van der Waals surface area contributed by atoms with Gasteiger partial charge in [0.2, 0.25) is 0 Å². The van der Waals surface area contributed by atoms with E-state index < -0.39 is 0 Å². The van der Waals surface area contributed by atoms with Crippen molar-refractivity contribution in [3.8, 4) is 0 Å². The van der Waals surface area contributed by atoms with E-state index in [4.69, 9.17) is 0 Å². The van der Waals surface area contributed by atoms with Crippen molar-refractivity contribution >= 4 is 16.9 Å². The Bertz CT molecular complexity index is 616. The minimum absolute atomic E-state index is 0.730. The minimum atomic E-state index is 0.730. The summed E-state index contributed by atoms with van der Waals surface area (Å²) >= 11 is 0. The smallest absolute Gasteiger partial charge is 0.158 e. The highest BCUT2D eigenvalue weighted by atomic mass is 15.3. The van der Waals surface area contributed by atoms with Gasteiger partial charge >= 0.3 is 0 Å². The van der Waals surface area contributed by atoms with E-state index in [1.165, 1.54) is 12.8 Å². The Kier molecular flexibility index (Phi) is 2.92. The number of fused-ring (bicyclic) bond motifs is 1. The van der Waals surface area contributed by atoms with Crippen LogP contribution < -0.4 is 4.90 Å². The molecule has 1 aliphatic heterocycles. The van der Waals surface area contributed by atoms with E-state index >= 15 is 0 Å². The van der Waals surface area contributed by atoms with Gasteiger partial charge in [0.1, 0.15) is 16.9 Å². The molecule has 1 atom stereocenters. The molecule has 0 radical (unpaired) electrons. The van der Waals surface area contributed by atoms with Gasteiger partial charge in [0.05, 0.1) is 5.69 Å². The molecule has 2 aromatic heterocycles. The Morgan fingerprint density at radius 2 is 2.00 bits per heavy atom. The van der Waals surface area contributed by atoms with E-state index in [1.807, 2.05) is 25.6 Å². The lowest BCUT2D eigenvalue weighted by molar-refractivity contribution is 0.444. The number of hydrogen-bond donors (Lipinski definition) is 0. The molecule has 0 bridgehead atoms. The van der Waals surface area contributed by atoms with Crippen LogP contribution in [0.5, 0.6) is 0 Å². The number of rotatable bonds is 1. The Labute approximate surface area is 113 Å². The Hall–Kier alpha value is -1.65. The molecule has 1 fully saturated rings. The fraction of sp³-hybridized carbons (Fsp3) is 0.643.